The van der Waals surface area contributed by atoms with Crippen molar-refractivity contribution < 1.29 is 17.9 Å². The topological polar surface area (TPSA) is 122 Å². The summed E-state index contributed by atoms with van der Waals surface area (Å²) in [5.41, 5.74) is 1.21. The van der Waals surface area contributed by atoms with E-state index in [1.807, 2.05) is 26.8 Å². The van der Waals surface area contributed by atoms with Crippen LogP contribution in [-0.2, 0) is 14.8 Å². The molecule has 1 fully saturated rings. The Kier molecular flexibility index (Phi) is 6.36. The molecule has 3 aromatic rings. The summed E-state index contributed by atoms with van der Waals surface area (Å²) in [6, 6.07) is 8.52. The molecule has 0 atom stereocenters. The predicted octanol–water partition coefficient (Wildman–Crippen LogP) is 1.31. The number of nitrogens with one attached hydrogen (secondary N) is 1. The second-order valence-corrected chi connectivity index (χ2v) is 9.87. The lowest BCUT2D eigenvalue weighted by Crippen LogP contribution is -2.51. The third kappa shape index (κ3) is 5.51. The second-order valence-electron chi connectivity index (χ2n) is 8.15. The van der Waals surface area contributed by atoms with Gasteiger partial charge in [-0.05, 0) is 45.0 Å². The molecule has 1 aromatic carbocycles. The second kappa shape index (κ2) is 9.22. The highest BCUT2D eigenvalue weighted by atomic mass is 32.2. The Morgan fingerprint density at radius 2 is 1.85 bits per heavy atom. The van der Waals surface area contributed by atoms with Crippen molar-refractivity contribution in [2.75, 3.05) is 41.6 Å². The summed E-state index contributed by atoms with van der Waals surface area (Å²) in [6.07, 6.45) is 1.48. The highest BCUT2D eigenvalue weighted by Crippen LogP contribution is 2.20. The molecule has 0 bridgehead atoms. The molecule has 0 unspecified atom stereocenters. The number of sulfonamides is 1. The van der Waals surface area contributed by atoms with E-state index in [1.54, 1.807) is 33.7 Å². The van der Waals surface area contributed by atoms with Gasteiger partial charge in [-0.15, -0.1) is 0 Å². The van der Waals surface area contributed by atoms with Crippen LogP contribution < -0.4 is 14.4 Å². The number of hydrogen-bond acceptors (Lipinski definition) is 8. The van der Waals surface area contributed by atoms with Gasteiger partial charge < -0.3 is 14.5 Å². The van der Waals surface area contributed by atoms with E-state index in [2.05, 4.69) is 24.7 Å². The quantitative estimate of drug-likeness (QED) is 0.545. The fraction of sp³-hybridized carbons (Fsp3) is 0.429. The van der Waals surface area contributed by atoms with E-state index in [0.29, 0.717) is 43.4 Å². The van der Waals surface area contributed by atoms with Crippen LogP contribution in [0.25, 0.3) is 5.78 Å². The molecule has 1 amide bonds. The van der Waals surface area contributed by atoms with Crippen LogP contribution in [0, 0.1) is 6.92 Å². The standard InChI is InChI=1S/C21H27N7O4S/c1-15(2)32-18-6-4-17(5-7-18)25-33(30,31)13-20(29)27-10-8-26(9-11-27)19-12-16(3)24-21-22-14-23-28(19)21/h4-7,12,14-15,25H,8-11,13H2,1-3H3. The van der Waals surface area contributed by atoms with Crippen molar-refractivity contribution in [3.63, 3.8) is 0 Å². The largest absolute Gasteiger partial charge is 0.491 e. The van der Waals surface area contributed by atoms with Gasteiger partial charge >= 0.3 is 0 Å². The summed E-state index contributed by atoms with van der Waals surface area (Å²) < 4.78 is 34.7. The normalized spacial score (nSPS) is 14.7. The number of carbonyl (C=O) groups is 1. The third-order valence-corrected chi connectivity index (χ3v) is 6.30. The van der Waals surface area contributed by atoms with E-state index in [1.165, 1.54) is 6.33 Å². The molecule has 0 saturated carbocycles. The molecule has 1 aliphatic heterocycles. The number of carbonyl (C=O) groups excluding carboxylic acids is 1. The zero-order chi connectivity index (χ0) is 23.6. The molecule has 4 rings (SSSR count). The van der Waals surface area contributed by atoms with Gasteiger partial charge in [0, 0.05) is 43.6 Å². The van der Waals surface area contributed by atoms with Crippen molar-refractivity contribution in [1.82, 2.24) is 24.5 Å². The van der Waals surface area contributed by atoms with E-state index in [-0.39, 0.29) is 6.10 Å². The van der Waals surface area contributed by atoms with Crippen molar-refractivity contribution in [2.24, 2.45) is 0 Å². The molecule has 33 heavy (non-hydrogen) atoms. The average molecular weight is 474 g/mol. The van der Waals surface area contributed by atoms with Crippen LogP contribution in [0.4, 0.5) is 11.5 Å². The summed E-state index contributed by atoms with van der Waals surface area (Å²) in [5, 5.41) is 4.22. The number of anilines is 2. The third-order valence-electron chi connectivity index (χ3n) is 5.13. The number of fused-ring (bicyclic) bond motifs is 1. The number of nitrogens with zero attached hydrogens (tertiary/aromatic N) is 6. The van der Waals surface area contributed by atoms with Gasteiger partial charge in [0.05, 0.1) is 6.10 Å². The number of ether oxygens (including phenoxy) is 1. The summed E-state index contributed by atoms with van der Waals surface area (Å²) in [7, 11) is -3.84. The van der Waals surface area contributed by atoms with Gasteiger partial charge in [-0.3, -0.25) is 9.52 Å². The number of hydrogen-bond donors (Lipinski definition) is 1. The van der Waals surface area contributed by atoms with Crippen LogP contribution in [0.3, 0.4) is 0 Å². The molecule has 3 heterocycles. The fourth-order valence-electron chi connectivity index (χ4n) is 3.66. The molecule has 1 N–H and O–H groups in total. The van der Waals surface area contributed by atoms with E-state index in [0.717, 1.165) is 11.5 Å². The highest BCUT2D eigenvalue weighted by molar-refractivity contribution is 7.93. The minimum absolute atomic E-state index is 0.0236. The first kappa shape index (κ1) is 22.8. The Hall–Kier alpha value is -3.41. The molecule has 1 aliphatic rings. The minimum Gasteiger partial charge on any atom is -0.491 e. The highest BCUT2D eigenvalue weighted by Gasteiger charge is 2.26. The van der Waals surface area contributed by atoms with E-state index in [4.69, 9.17) is 4.74 Å². The van der Waals surface area contributed by atoms with Gasteiger partial charge in [-0.25, -0.2) is 13.4 Å². The Morgan fingerprint density at radius 1 is 1.15 bits per heavy atom. The first-order valence-corrected chi connectivity index (χ1v) is 12.3. The predicted molar refractivity (Wildman–Crippen MR) is 124 cm³/mol. The van der Waals surface area contributed by atoms with E-state index >= 15 is 0 Å². The molecule has 176 valence electrons. The fourth-order valence-corrected chi connectivity index (χ4v) is 4.74. The molecule has 1 saturated heterocycles. The maximum Gasteiger partial charge on any atom is 0.254 e. The maximum atomic E-state index is 12.7. The van der Waals surface area contributed by atoms with Crippen LogP contribution >= 0.6 is 0 Å². The maximum absolute atomic E-state index is 12.7. The van der Waals surface area contributed by atoms with E-state index < -0.39 is 21.7 Å². The van der Waals surface area contributed by atoms with Crippen LogP contribution in [0.2, 0.25) is 0 Å². The number of benzene rings is 1. The van der Waals surface area contributed by atoms with Crippen molar-refractivity contribution in [2.45, 2.75) is 26.9 Å². The summed E-state index contributed by atoms with van der Waals surface area (Å²) in [6.45, 7) is 7.63. The summed E-state index contributed by atoms with van der Waals surface area (Å²) in [4.78, 5) is 24.8. The number of amides is 1. The summed E-state index contributed by atoms with van der Waals surface area (Å²) >= 11 is 0. The number of rotatable bonds is 7. The van der Waals surface area contributed by atoms with Crippen molar-refractivity contribution in [1.29, 1.82) is 0 Å². The number of aryl methyl sites for hydroxylation is 1. The van der Waals surface area contributed by atoms with Crippen LogP contribution in [0.1, 0.15) is 19.5 Å². The molecule has 0 spiro atoms. The molecule has 0 radical (unpaired) electrons. The molecular weight excluding hydrogens is 446 g/mol. The molecule has 12 heteroatoms. The molecule has 2 aromatic heterocycles. The SMILES string of the molecule is Cc1cc(N2CCN(C(=O)CS(=O)(=O)Nc3ccc(OC(C)C)cc3)CC2)n2ncnc2n1. The Bertz CT molecular complexity index is 1230. The summed E-state index contributed by atoms with van der Waals surface area (Å²) in [5.74, 6) is 0.970. The minimum atomic E-state index is -3.84. The van der Waals surface area contributed by atoms with Crippen LogP contribution in [0.5, 0.6) is 5.75 Å². The van der Waals surface area contributed by atoms with Gasteiger partial charge in [0.25, 0.3) is 5.78 Å². The number of aromatic nitrogens is 4. The first-order valence-electron chi connectivity index (χ1n) is 10.7. The zero-order valence-electron chi connectivity index (χ0n) is 18.8. The van der Waals surface area contributed by atoms with Gasteiger partial charge in [-0.1, -0.05) is 0 Å². The zero-order valence-corrected chi connectivity index (χ0v) is 19.6. The number of piperazine rings is 1. The van der Waals surface area contributed by atoms with Gasteiger partial charge in [-0.2, -0.15) is 14.6 Å². The molecule has 11 nitrogen and oxygen atoms in total. The monoisotopic (exact) mass is 473 g/mol. The van der Waals surface area contributed by atoms with Gasteiger partial charge in [0.2, 0.25) is 15.9 Å². The molecule has 0 aliphatic carbocycles. The molecular formula is C21H27N7O4S. The van der Waals surface area contributed by atoms with Crippen molar-refractivity contribution >= 4 is 33.2 Å². The first-order chi connectivity index (χ1) is 15.7. The Balaban J connectivity index is 1.34. The average Bonchev–Trinajstić information content (AvgIpc) is 3.22. The van der Waals surface area contributed by atoms with Gasteiger partial charge in [0.15, 0.2) is 0 Å². The Morgan fingerprint density at radius 3 is 2.52 bits per heavy atom. The van der Waals surface area contributed by atoms with Crippen LogP contribution in [-0.4, -0.2) is 76.8 Å². The lowest BCUT2D eigenvalue weighted by Gasteiger charge is -2.35. The van der Waals surface area contributed by atoms with Crippen LogP contribution in [0.15, 0.2) is 36.7 Å². The lowest BCUT2D eigenvalue weighted by molar-refractivity contribution is -0.128. The van der Waals surface area contributed by atoms with Crippen molar-refractivity contribution in [3.05, 3.63) is 42.4 Å². The van der Waals surface area contributed by atoms with Gasteiger partial charge in [0.1, 0.15) is 23.6 Å². The Labute approximate surface area is 192 Å². The smallest absolute Gasteiger partial charge is 0.254 e. The van der Waals surface area contributed by atoms with E-state index in [9.17, 15) is 13.2 Å². The van der Waals surface area contributed by atoms with Crippen molar-refractivity contribution in [3.8, 4) is 5.75 Å². The lowest BCUT2D eigenvalue weighted by atomic mass is 10.3.